The molecule has 0 heterocycles. The number of rotatable bonds is 10. The topological polar surface area (TPSA) is 44.5 Å². The largest absolute Gasteiger partial charge is 0.379 e. The van der Waals surface area contributed by atoms with Crippen molar-refractivity contribution in [1.82, 2.24) is 0 Å². The molecule has 3 nitrogen and oxygen atoms in total. The predicted octanol–water partition coefficient (Wildman–Crippen LogP) is 3.47. The van der Waals surface area contributed by atoms with Gasteiger partial charge in [0.15, 0.2) is 0 Å². The summed E-state index contributed by atoms with van der Waals surface area (Å²) in [4.78, 5) is 0. The van der Waals surface area contributed by atoms with Gasteiger partial charge in [-0.05, 0) is 30.9 Å². The highest BCUT2D eigenvalue weighted by atomic mass is 16.5. The molecule has 2 unspecified atom stereocenters. The minimum Gasteiger partial charge on any atom is -0.379 e. The Balaban J connectivity index is 2.28. The van der Waals surface area contributed by atoms with Gasteiger partial charge in [-0.25, -0.2) is 0 Å². The van der Waals surface area contributed by atoms with Crippen LogP contribution in [0.4, 0.5) is 0 Å². The Hall–Kier alpha value is -0.900. The van der Waals surface area contributed by atoms with Crippen LogP contribution in [-0.2, 0) is 15.9 Å². The second-order valence-corrected chi connectivity index (χ2v) is 5.16. The lowest BCUT2D eigenvalue weighted by molar-refractivity contribution is 0.00151. The maximum absolute atomic E-state index is 6.23. The maximum Gasteiger partial charge on any atom is 0.0740 e. The van der Waals surface area contributed by atoms with Crippen molar-refractivity contribution < 1.29 is 9.47 Å². The second kappa shape index (κ2) is 9.92. The summed E-state index contributed by atoms with van der Waals surface area (Å²) < 4.78 is 11.2. The molecule has 0 radical (unpaired) electrons. The average Bonchev–Trinajstić information content (AvgIpc) is 2.50. The highest BCUT2D eigenvalue weighted by molar-refractivity contribution is 5.25. The Morgan fingerprint density at radius 2 is 1.75 bits per heavy atom. The number of nitrogens with two attached hydrogens (primary N) is 1. The van der Waals surface area contributed by atoms with E-state index >= 15 is 0 Å². The first-order chi connectivity index (χ1) is 9.69. The summed E-state index contributed by atoms with van der Waals surface area (Å²) in [5, 5.41) is 0. The monoisotopic (exact) mass is 279 g/mol. The van der Waals surface area contributed by atoms with Crippen LogP contribution in [0.1, 0.15) is 50.8 Å². The van der Waals surface area contributed by atoms with Gasteiger partial charge in [0.2, 0.25) is 0 Å². The van der Waals surface area contributed by atoms with Crippen molar-refractivity contribution >= 4 is 0 Å². The van der Waals surface area contributed by atoms with E-state index in [9.17, 15) is 0 Å². The van der Waals surface area contributed by atoms with Crippen LogP contribution in [0.5, 0.6) is 0 Å². The quantitative estimate of drug-likeness (QED) is 0.667. The van der Waals surface area contributed by atoms with E-state index in [0.29, 0.717) is 13.2 Å². The van der Waals surface area contributed by atoms with Crippen LogP contribution in [0.3, 0.4) is 0 Å². The van der Waals surface area contributed by atoms with Crippen LogP contribution in [-0.4, -0.2) is 25.9 Å². The third-order valence-corrected chi connectivity index (χ3v) is 3.53. The molecule has 0 saturated heterocycles. The van der Waals surface area contributed by atoms with Crippen molar-refractivity contribution in [2.75, 3.05) is 19.8 Å². The van der Waals surface area contributed by atoms with Gasteiger partial charge in [-0.15, -0.1) is 0 Å². The number of ether oxygens (including phenoxy) is 2. The molecule has 0 bridgehead atoms. The van der Waals surface area contributed by atoms with Gasteiger partial charge >= 0.3 is 0 Å². The molecule has 0 aliphatic carbocycles. The average molecular weight is 279 g/mol. The summed E-state index contributed by atoms with van der Waals surface area (Å²) in [5.41, 5.74) is 8.69. The molecule has 0 amide bonds. The van der Waals surface area contributed by atoms with Crippen LogP contribution in [0.25, 0.3) is 0 Å². The van der Waals surface area contributed by atoms with Gasteiger partial charge in [0, 0.05) is 6.61 Å². The van der Waals surface area contributed by atoms with Gasteiger partial charge in [0.1, 0.15) is 0 Å². The molecule has 2 atom stereocenters. The second-order valence-electron chi connectivity index (χ2n) is 5.16. The van der Waals surface area contributed by atoms with E-state index in [0.717, 1.165) is 31.4 Å². The summed E-state index contributed by atoms with van der Waals surface area (Å²) in [7, 11) is 0. The van der Waals surface area contributed by atoms with E-state index in [1.165, 1.54) is 5.56 Å². The molecule has 3 heteroatoms. The van der Waals surface area contributed by atoms with E-state index in [1.54, 1.807) is 0 Å². The number of unbranched alkanes of at least 4 members (excludes halogenated alkanes) is 1. The summed E-state index contributed by atoms with van der Waals surface area (Å²) in [6, 6.07) is 8.38. The van der Waals surface area contributed by atoms with Gasteiger partial charge in [0.05, 0.1) is 25.4 Å². The van der Waals surface area contributed by atoms with Crippen LogP contribution in [0.15, 0.2) is 24.3 Å². The minimum absolute atomic E-state index is 0.00254. The van der Waals surface area contributed by atoms with Crippen molar-refractivity contribution in [1.29, 1.82) is 0 Å². The fourth-order valence-electron chi connectivity index (χ4n) is 1.99. The first-order valence-electron chi connectivity index (χ1n) is 7.72. The van der Waals surface area contributed by atoms with Crippen molar-refractivity contribution in [3.8, 4) is 0 Å². The molecule has 0 aliphatic rings. The van der Waals surface area contributed by atoms with E-state index in [2.05, 4.69) is 38.1 Å². The Morgan fingerprint density at radius 1 is 1.05 bits per heavy atom. The summed E-state index contributed by atoms with van der Waals surface area (Å²) in [6.07, 6.45) is 3.32. The third kappa shape index (κ3) is 6.04. The molecule has 0 spiro atoms. The zero-order valence-electron chi connectivity index (χ0n) is 13.1. The van der Waals surface area contributed by atoms with E-state index < -0.39 is 0 Å². The molecule has 0 fully saturated rings. The minimum atomic E-state index is -0.0865. The van der Waals surface area contributed by atoms with Crippen molar-refractivity contribution in [2.24, 2.45) is 5.73 Å². The van der Waals surface area contributed by atoms with Gasteiger partial charge in [0.25, 0.3) is 0 Å². The van der Waals surface area contributed by atoms with Gasteiger partial charge in [-0.1, -0.05) is 44.5 Å². The van der Waals surface area contributed by atoms with Gasteiger partial charge < -0.3 is 15.2 Å². The molecular formula is C17H29NO2. The third-order valence-electron chi connectivity index (χ3n) is 3.53. The van der Waals surface area contributed by atoms with E-state index in [4.69, 9.17) is 15.2 Å². The highest BCUT2D eigenvalue weighted by Crippen LogP contribution is 2.17. The van der Waals surface area contributed by atoms with Crippen LogP contribution >= 0.6 is 0 Å². The van der Waals surface area contributed by atoms with Crippen molar-refractivity contribution in [3.05, 3.63) is 35.4 Å². The SMILES string of the molecule is CCCCOCCOC(C)C(N)c1ccc(CC)cc1. The lowest BCUT2D eigenvalue weighted by atomic mass is 10.0. The fourth-order valence-corrected chi connectivity index (χ4v) is 1.99. The number of hydrogen-bond acceptors (Lipinski definition) is 3. The molecule has 1 rings (SSSR count). The Labute approximate surface area is 123 Å². The molecule has 1 aromatic rings. The standard InChI is InChI=1S/C17H29NO2/c1-4-6-11-19-12-13-20-14(3)17(18)16-9-7-15(5-2)8-10-16/h7-10,14,17H,4-6,11-13,18H2,1-3H3. The lowest BCUT2D eigenvalue weighted by Crippen LogP contribution is -2.27. The zero-order valence-corrected chi connectivity index (χ0v) is 13.1. The Kier molecular flexibility index (Phi) is 8.51. The maximum atomic E-state index is 6.23. The summed E-state index contributed by atoms with van der Waals surface area (Å²) >= 11 is 0. The van der Waals surface area contributed by atoms with E-state index in [-0.39, 0.29) is 12.1 Å². The molecule has 20 heavy (non-hydrogen) atoms. The normalized spacial score (nSPS) is 14.2. The molecule has 0 aliphatic heterocycles. The smallest absolute Gasteiger partial charge is 0.0740 e. The van der Waals surface area contributed by atoms with Crippen LogP contribution in [0.2, 0.25) is 0 Å². The first kappa shape index (κ1) is 17.2. The number of aryl methyl sites for hydroxylation is 1. The van der Waals surface area contributed by atoms with E-state index in [1.807, 2.05) is 6.92 Å². The van der Waals surface area contributed by atoms with Gasteiger partial charge in [-0.2, -0.15) is 0 Å². The molecule has 0 saturated carbocycles. The van der Waals surface area contributed by atoms with Gasteiger partial charge in [-0.3, -0.25) is 0 Å². The molecule has 114 valence electrons. The van der Waals surface area contributed by atoms with Crippen LogP contribution < -0.4 is 5.73 Å². The van der Waals surface area contributed by atoms with Crippen LogP contribution in [0, 0.1) is 0 Å². The molecule has 2 N–H and O–H groups in total. The van der Waals surface area contributed by atoms with Crippen molar-refractivity contribution in [3.63, 3.8) is 0 Å². The highest BCUT2D eigenvalue weighted by Gasteiger charge is 2.15. The molecule has 0 aromatic heterocycles. The Morgan fingerprint density at radius 3 is 2.35 bits per heavy atom. The fraction of sp³-hybridized carbons (Fsp3) is 0.647. The lowest BCUT2D eigenvalue weighted by Gasteiger charge is -2.21. The van der Waals surface area contributed by atoms with Crippen molar-refractivity contribution in [2.45, 2.75) is 52.2 Å². The molecular weight excluding hydrogens is 250 g/mol. The predicted molar refractivity (Wildman–Crippen MR) is 83.9 cm³/mol. The zero-order chi connectivity index (χ0) is 14.8. The summed E-state index contributed by atoms with van der Waals surface area (Å²) in [5.74, 6) is 0. The summed E-state index contributed by atoms with van der Waals surface area (Å²) in [6.45, 7) is 8.39. The Bertz CT molecular complexity index is 351. The first-order valence-corrected chi connectivity index (χ1v) is 7.72. The number of benzene rings is 1. The molecule has 1 aromatic carbocycles. The number of hydrogen-bond donors (Lipinski definition) is 1.